The summed E-state index contributed by atoms with van der Waals surface area (Å²) in [5.41, 5.74) is 6.69. The van der Waals surface area contributed by atoms with E-state index >= 15 is 0 Å². The lowest BCUT2D eigenvalue weighted by Gasteiger charge is -2.30. The molecule has 1 aliphatic heterocycles. The second-order valence-corrected chi connectivity index (χ2v) is 4.43. The van der Waals surface area contributed by atoms with Crippen molar-refractivity contribution in [2.75, 3.05) is 13.1 Å². The van der Waals surface area contributed by atoms with Gasteiger partial charge in [-0.3, -0.25) is 4.90 Å². The molecule has 1 saturated heterocycles. The minimum Gasteiger partial charge on any atom is -0.508 e. The summed E-state index contributed by atoms with van der Waals surface area (Å²) in [6, 6.07) is 5.07. The van der Waals surface area contributed by atoms with Gasteiger partial charge in [0.15, 0.2) is 0 Å². The number of nitrogens with zero attached hydrogens (tertiary/aromatic N) is 1. The Labute approximate surface area is 95.3 Å². The molecule has 4 N–H and O–H groups in total. The molecule has 0 unspecified atom stereocenters. The van der Waals surface area contributed by atoms with E-state index in [4.69, 9.17) is 5.73 Å². The highest BCUT2D eigenvalue weighted by molar-refractivity contribution is 5.38. The zero-order valence-corrected chi connectivity index (χ0v) is 9.26. The fourth-order valence-electron chi connectivity index (χ4n) is 2.04. The molecule has 1 aliphatic rings. The normalized spacial score (nSPS) is 18.8. The zero-order chi connectivity index (χ0) is 11.5. The molecule has 0 atom stereocenters. The number of benzene rings is 1. The molecular formula is C12H18N2O2. The van der Waals surface area contributed by atoms with Crippen LogP contribution in [-0.4, -0.2) is 34.2 Å². The Morgan fingerprint density at radius 3 is 2.56 bits per heavy atom. The van der Waals surface area contributed by atoms with Crippen LogP contribution in [-0.2, 0) is 6.54 Å². The van der Waals surface area contributed by atoms with Crippen LogP contribution in [0.3, 0.4) is 0 Å². The fourth-order valence-corrected chi connectivity index (χ4v) is 2.04. The summed E-state index contributed by atoms with van der Waals surface area (Å²) in [6.07, 6.45) is 2.03. The molecule has 0 aromatic heterocycles. The molecule has 4 heteroatoms. The Hall–Kier alpha value is -1.26. The summed E-state index contributed by atoms with van der Waals surface area (Å²) in [6.45, 7) is 2.67. The third-order valence-electron chi connectivity index (χ3n) is 3.10. The van der Waals surface area contributed by atoms with Crippen LogP contribution in [0.25, 0.3) is 0 Å². The first-order chi connectivity index (χ1) is 7.65. The highest BCUT2D eigenvalue weighted by Crippen LogP contribution is 2.24. The van der Waals surface area contributed by atoms with Crippen LogP contribution >= 0.6 is 0 Å². The van der Waals surface area contributed by atoms with Gasteiger partial charge in [-0.25, -0.2) is 0 Å². The predicted molar refractivity (Wildman–Crippen MR) is 62.3 cm³/mol. The van der Waals surface area contributed by atoms with Gasteiger partial charge in [0.25, 0.3) is 0 Å². The lowest BCUT2D eigenvalue weighted by atomic mass is 10.1. The van der Waals surface area contributed by atoms with Gasteiger partial charge in [0.1, 0.15) is 11.5 Å². The molecule has 1 aromatic rings. The van der Waals surface area contributed by atoms with E-state index in [0.717, 1.165) is 38.0 Å². The second kappa shape index (κ2) is 4.72. The Morgan fingerprint density at radius 2 is 1.94 bits per heavy atom. The number of likely N-dealkylation sites (tertiary alicyclic amines) is 1. The van der Waals surface area contributed by atoms with E-state index in [-0.39, 0.29) is 11.5 Å². The van der Waals surface area contributed by atoms with Gasteiger partial charge in [-0.1, -0.05) is 6.07 Å². The summed E-state index contributed by atoms with van der Waals surface area (Å²) in [5.74, 6) is 0.261. The van der Waals surface area contributed by atoms with Gasteiger partial charge in [-0.05, 0) is 32.0 Å². The highest BCUT2D eigenvalue weighted by Gasteiger charge is 2.17. The molecule has 0 radical (unpaired) electrons. The molecular weight excluding hydrogens is 204 g/mol. The molecule has 1 aromatic carbocycles. The van der Waals surface area contributed by atoms with Crippen LogP contribution in [0, 0.1) is 0 Å². The van der Waals surface area contributed by atoms with Gasteiger partial charge >= 0.3 is 0 Å². The molecule has 0 saturated carbocycles. The van der Waals surface area contributed by atoms with Crippen molar-refractivity contribution >= 4 is 0 Å². The van der Waals surface area contributed by atoms with Crippen molar-refractivity contribution in [2.45, 2.75) is 25.4 Å². The number of nitrogens with two attached hydrogens (primary N) is 1. The van der Waals surface area contributed by atoms with Crippen LogP contribution in [0.5, 0.6) is 11.5 Å². The van der Waals surface area contributed by atoms with Crippen LogP contribution in [0.4, 0.5) is 0 Å². The number of rotatable bonds is 2. The third-order valence-corrected chi connectivity index (χ3v) is 3.10. The van der Waals surface area contributed by atoms with Crippen molar-refractivity contribution in [1.29, 1.82) is 0 Å². The lowest BCUT2D eigenvalue weighted by molar-refractivity contribution is 0.203. The average molecular weight is 222 g/mol. The van der Waals surface area contributed by atoms with E-state index in [9.17, 15) is 10.2 Å². The van der Waals surface area contributed by atoms with Crippen molar-refractivity contribution in [2.24, 2.45) is 5.73 Å². The molecule has 0 bridgehead atoms. The minimum atomic E-state index is 0.0990. The van der Waals surface area contributed by atoms with E-state index in [0.29, 0.717) is 6.04 Å². The van der Waals surface area contributed by atoms with Crippen LogP contribution in [0.1, 0.15) is 18.4 Å². The third kappa shape index (κ3) is 2.65. The van der Waals surface area contributed by atoms with Crippen LogP contribution in [0.15, 0.2) is 18.2 Å². The molecule has 16 heavy (non-hydrogen) atoms. The zero-order valence-electron chi connectivity index (χ0n) is 9.26. The first kappa shape index (κ1) is 11.2. The number of aromatic hydroxyl groups is 2. The average Bonchev–Trinajstić information content (AvgIpc) is 2.25. The number of phenols is 2. The van der Waals surface area contributed by atoms with Gasteiger partial charge in [0.2, 0.25) is 0 Å². The van der Waals surface area contributed by atoms with Crippen molar-refractivity contribution in [3.63, 3.8) is 0 Å². The molecule has 2 rings (SSSR count). The number of piperidine rings is 1. The second-order valence-electron chi connectivity index (χ2n) is 4.43. The van der Waals surface area contributed by atoms with Gasteiger partial charge < -0.3 is 15.9 Å². The first-order valence-corrected chi connectivity index (χ1v) is 5.64. The van der Waals surface area contributed by atoms with E-state index in [1.54, 1.807) is 12.1 Å². The quantitative estimate of drug-likeness (QED) is 0.698. The molecule has 4 nitrogen and oxygen atoms in total. The number of phenolic OH excluding ortho intramolecular Hbond substituents is 2. The number of hydrogen-bond acceptors (Lipinski definition) is 4. The summed E-state index contributed by atoms with van der Waals surface area (Å²) in [4.78, 5) is 2.27. The Balaban J connectivity index is 1.98. The molecule has 0 amide bonds. The van der Waals surface area contributed by atoms with Gasteiger partial charge in [-0.2, -0.15) is 0 Å². The molecule has 0 spiro atoms. The topological polar surface area (TPSA) is 69.7 Å². The fraction of sp³-hybridized carbons (Fsp3) is 0.500. The van der Waals surface area contributed by atoms with E-state index in [1.165, 1.54) is 6.07 Å². The largest absolute Gasteiger partial charge is 0.508 e. The van der Waals surface area contributed by atoms with Crippen LogP contribution < -0.4 is 5.73 Å². The Morgan fingerprint density at radius 1 is 1.25 bits per heavy atom. The summed E-state index contributed by atoms with van der Waals surface area (Å²) in [5, 5.41) is 18.9. The Bertz CT molecular complexity index is 360. The number of hydrogen-bond donors (Lipinski definition) is 3. The lowest BCUT2D eigenvalue weighted by Crippen LogP contribution is -2.39. The van der Waals surface area contributed by atoms with Gasteiger partial charge in [0.05, 0.1) is 0 Å². The van der Waals surface area contributed by atoms with Crippen molar-refractivity contribution in [3.05, 3.63) is 23.8 Å². The minimum absolute atomic E-state index is 0.0990. The molecule has 0 aliphatic carbocycles. The van der Waals surface area contributed by atoms with Gasteiger partial charge in [-0.15, -0.1) is 0 Å². The van der Waals surface area contributed by atoms with E-state index < -0.39 is 0 Å². The monoisotopic (exact) mass is 222 g/mol. The molecule has 88 valence electrons. The van der Waals surface area contributed by atoms with Crippen LogP contribution in [0.2, 0.25) is 0 Å². The first-order valence-electron chi connectivity index (χ1n) is 5.64. The van der Waals surface area contributed by atoms with Crippen molar-refractivity contribution in [3.8, 4) is 11.5 Å². The SMILES string of the molecule is NC1CCN(Cc2ccc(O)cc2O)CC1. The van der Waals surface area contributed by atoms with Crippen molar-refractivity contribution in [1.82, 2.24) is 4.90 Å². The molecule has 1 heterocycles. The van der Waals surface area contributed by atoms with E-state index in [2.05, 4.69) is 4.90 Å². The maximum absolute atomic E-state index is 9.66. The summed E-state index contributed by atoms with van der Waals surface area (Å²) in [7, 11) is 0. The summed E-state index contributed by atoms with van der Waals surface area (Å²) < 4.78 is 0. The van der Waals surface area contributed by atoms with Crippen molar-refractivity contribution < 1.29 is 10.2 Å². The summed E-state index contributed by atoms with van der Waals surface area (Å²) >= 11 is 0. The molecule has 1 fully saturated rings. The maximum atomic E-state index is 9.66. The standard InChI is InChI=1S/C12H18N2O2/c13-10-3-5-14(6-4-10)8-9-1-2-11(15)7-12(9)16/h1-2,7,10,15-16H,3-6,8,13H2. The smallest absolute Gasteiger partial charge is 0.123 e. The van der Waals surface area contributed by atoms with E-state index in [1.807, 2.05) is 0 Å². The highest BCUT2D eigenvalue weighted by atomic mass is 16.3. The Kier molecular flexibility index (Phi) is 3.31. The predicted octanol–water partition coefficient (Wildman–Crippen LogP) is 1.02. The van der Waals surface area contributed by atoms with Gasteiger partial charge in [0, 0.05) is 24.2 Å². The maximum Gasteiger partial charge on any atom is 0.123 e.